The Morgan fingerprint density at radius 3 is 3.06 bits per heavy atom. The van der Waals surface area contributed by atoms with Crippen LogP contribution in [0.5, 0.6) is 0 Å². The van der Waals surface area contributed by atoms with Crippen LogP contribution in [0.2, 0.25) is 0 Å². The molecule has 0 aliphatic carbocycles. The number of rotatable bonds is 2. The Hall–Kier alpha value is -1.47. The molecule has 3 heterocycles. The standard InChI is InChI=1S/C11H13N3O3S/c15-11(9-1-2-10(18-9)14(16)17)13-4-3-7-5-12-6-8(7)13/h1-2,7-8,12H,3-6H2/t7-,8+/m1/s1. The van der Waals surface area contributed by atoms with E-state index in [0.29, 0.717) is 10.8 Å². The van der Waals surface area contributed by atoms with Crippen LogP contribution < -0.4 is 5.32 Å². The van der Waals surface area contributed by atoms with Crippen LogP contribution in [0.1, 0.15) is 16.1 Å². The molecule has 2 atom stereocenters. The van der Waals surface area contributed by atoms with E-state index in [1.54, 1.807) is 6.07 Å². The lowest BCUT2D eigenvalue weighted by Crippen LogP contribution is -2.38. The molecule has 1 aromatic heterocycles. The molecule has 0 aromatic carbocycles. The van der Waals surface area contributed by atoms with Crippen LogP contribution in [0.3, 0.4) is 0 Å². The first-order valence-electron chi connectivity index (χ1n) is 5.93. The number of nitro groups is 1. The second-order valence-electron chi connectivity index (χ2n) is 4.67. The van der Waals surface area contributed by atoms with E-state index in [1.807, 2.05) is 4.90 Å². The van der Waals surface area contributed by atoms with E-state index in [9.17, 15) is 14.9 Å². The van der Waals surface area contributed by atoms with Crippen molar-refractivity contribution in [1.82, 2.24) is 10.2 Å². The lowest BCUT2D eigenvalue weighted by Gasteiger charge is -2.22. The summed E-state index contributed by atoms with van der Waals surface area (Å²) < 4.78 is 0. The third-order valence-corrected chi connectivity index (χ3v) is 4.71. The molecule has 1 N–H and O–H groups in total. The van der Waals surface area contributed by atoms with E-state index >= 15 is 0 Å². The Morgan fingerprint density at radius 2 is 2.33 bits per heavy atom. The minimum Gasteiger partial charge on any atom is -0.333 e. The zero-order valence-corrected chi connectivity index (χ0v) is 10.5. The van der Waals surface area contributed by atoms with E-state index in [1.165, 1.54) is 6.07 Å². The predicted octanol–water partition coefficient (Wildman–Crippen LogP) is 1.09. The normalized spacial score (nSPS) is 26.3. The fraction of sp³-hybridized carbons (Fsp3) is 0.545. The summed E-state index contributed by atoms with van der Waals surface area (Å²) in [5.74, 6) is 0.480. The molecule has 0 saturated carbocycles. The Labute approximate surface area is 108 Å². The molecular weight excluding hydrogens is 254 g/mol. The highest BCUT2D eigenvalue weighted by atomic mass is 32.1. The van der Waals surface area contributed by atoms with E-state index in [4.69, 9.17) is 0 Å². The highest BCUT2D eigenvalue weighted by Crippen LogP contribution is 2.31. The largest absolute Gasteiger partial charge is 0.333 e. The molecule has 0 radical (unpaired) electrons. The molecule has 3 rings (SSSR count). The molecule has 6 nitrogen and oxygen atoms in total. The number of hydrogen-bond donors (Lipinski definition) is 1. The van der Waals surface area contributed by atoms with Crippen LogP contribution in [0.15, 0.2) is 12.1 Å². The van der Waals surface area contributed by atoms with Crippen molar-refractivity contribution in [3.05, 3.63) is 27.1 Å². The zero-order valence-electron chi connectivity index (χ0n) is 9.67. The van der Waals surface area contributed by atoms with Crippen LogP contribution >= 0.6 is 11.3 Å². The lowest BCUT2D eigenvalue weighted by molar-refractivity contribution is -0.380. The second-order valence-corrected chi connectivity index (χ2v) is 5.73. The number of carbonyl (C=O) groups is 1. The smallest absolute Gasteiger partial charge is 0.324 e. The fourth-order valence-corrected chi connectivity index (χ4v) is 3.56. The first kappa shape index (κ1) is 11.6. The molecule has 2 saturated heterocycles. The second kappa shape index (κ2) is 4.33. The topological polar surface area (TPSA) is 75.5 Å². The third-order valence-electron chi connectivity index (χ3n) is 3.69. The maximum absolute atomic E-state index is 12.3. The number of carbonyl (C=O) groups excluding carboxylic acids is 1. The first-order valence-corrected chi connectivity index (χ1v) is 6.74. The summed E-state index contributed by atoms with van der Waals surface area (Å²) in [5, 5.41) is 13.9. The van der Waals surface area contributed by atoms with Gasteiger partial charge in [0.15, 0.2) is 0 Å². The van der Waals surface area contributed by atoms with Crippen molar-refractivity contribution >= 4 is 22.2 Å². The van der Waals surface area contributed by atoms with E-state index in [-0.39, 0.29) is 17.0 Å². The molecule has 0 bridgehead atoms. The van der Waals surface area contributed by atoms with Crippen molar-refractivity contribution in [3.63, 3.8) is 0 Å². The molecule has 1 aromatic rings. The Morgan fingerprint density at radius 1 is 1.50 bits per heavy atom. The summed E-state index contributed by atoms with van der Waals surface area (Å²) in [6.07, 6.45) is 1.02. The number of hydrogen-bond acceptors (Lipinski definition) is 5. The molecule has 2 aliphatic rings. The average Bonchev–Trinajstić information content (AvgIpc) is 3.04. The quantitative estimate of drug-likeness (QED) is 0.643. The van der Waals surface area contributed by atoms with Gasteiger partial charge in [-0.1, -0.05) is 11.3 Å². The molecule has 2 fully saturated rings. The van der Waals surface area contributed by atoms with Crippen LogP contribution in [0.25, 0.3) is 0 Å². The number of likely N-dealkylation sites (tertiary alicyclic amines) is 1. The summed E-state index contributed by atoms with van der Waals surface area (Å²) in [6, 6.07) is 3.22. The Kier molecular flexibility index (Phi) is 2.79. The van der Waals surface area contributed by atoms with Crippen LogP contribution in [-0.4, -0.2) is 41.4 Å². The van der Waals surface area contributed by atoms with Crippen LogP contribution in [-0.2, 0) is 0 Å². The molecular formula is C11H13N3O3S. The monoisotopic (exact) mass is 267 g/mol. The fourth-order valence-electron chi connectivity index (χ4n) is 2.78. The van der Waals surface area contributed by atoms with Gasteiger partial charge in [0, 0.05) is 31.7 Å². The predicted molar refractivity (Wildman–Crippen MR) is 66.8 cm³/mol. The summed E-state index contributed by atoms with van der Waals surface area (Å²) in [4.78, 5) is 24.8. The Bertz CT molecular complexity index is 501. The van der Waals surface area contributed by atoms with Gasteiger partial charge in [0.05, 0.1) is 9.80 Å². The van der Waals surface area contributed by atoms with Gasteiger partial charge in [-0.15, -0.1) is 0 Å². The summed E-state index contributed by atoms with van der Waals surface area (Å²) in [5.41, 5.74) is 0. The van der Waals surface area contributed by atoms with Crippen molar-refractivity contribution in [1.29, 1.82) is 0 Å². The van der Waals surface area contributed by atoms with E-state index in [2.05, 4.69) is 5.32 Å². The first-order chi connectivity index (χ1) is 8.66. The number of nitrogens with zero attached hydrogens (tertiary/aromatic N) is 2. The highest BCUT2D eigenvalue weighted by molar-refractivity contribution is 7.17. The SMILES string of the molecule is O=C(c1ccc([N+](=O)[O-])s1)N1CC[C@@H]2CNC[C@@H]21. The van der Waals surface area contributed by atoms with Gasteiger partial charge < -0.3 is 10.2 Å². The van der Waals surface area contributed by atoms with Gasteiger partial charge in [-0.2, -0.15) is 0 Å². The summed E-state index contributed by atoms with van der Waals surface area (Å²) >= 11 is 0.959. The minimum absolute atomic E-state index is 0.0265. The van der Waals surface area contributed by atoms with Crippen LogP contribution in [0, 0.1) is 16.0 Å². The number of thiophene rings is 1. The molecule has 2 aliphatic heterocycles. The molecule has 18 heavy (non-hydrogen) atoms. The molecule has 7 heteroatoms. The third kappa shape index (κ3) is 1.79. The van der Waals surface area contributed by atoms with Gasteiger partial charge in [-0.3, -0.25) is 14.9 Å². The van der Waals surface area contributed by atoms with Gasteiger partial charge in [0.2, 0.25) is 0 Å². The maximum Gasteiger partial charge on any atom is 0.324 e. The van der Waals surface area contributed by atoms with Gasteiger partial charge in [-0.25, -0.2) is 0 Å². The van der Waals surface area contributed by atoms with Crippen molar-refractivity contribution < 1.29 is 9.72 Å². The number of fused-ring (bicyclic) bond motifs is 1. The summed E-state index contributed by atoms with van der Waals surface area (Å²) in [7, 11) is 0. The Balaban J connectivity index is 1.79. The number of nitrogens with one attached hydrogen (secondary N) is 1. The zero-order chi connectivity index (χ0) is 12.7. The maximum atomic E-state index is 12.3. The van der Waals surface area contributed by atoms with E-state index < -0.39 is 4.92 Å². The van der Waals surface area contributed by atoms with Gasteiger partial charge in [0.1, 0.15) is 0 Å². The number of amides is 1. The van der Waals surface area contributed by atoms with Gasteiger partial charge in [-0.05, 0) is 18.4 Å². The molecule has 0 spiro atoms. The van der Waals surface area contributed by atoms with Crippen molar-refractivity contribution in [3.8, 4) is 0 Å². The molecule has 1 amide bonds. The average molecular weight is 267 g/mol. The van der Waals surface area contributed by atoms with Gasteiger partial charge in [0.25, 0.3) is 5.91 Å². The highest BCUT2D eigenvalue weighted by Gasteiger charge is 2.40. The molecule has 96 valence electrons. The van der Waals surface area contributed by atoms with Crippen molar-refractivity contribution in [2.75, 3.05) is 19.6 Å². The lowest BCUT2D eigenvalue weighted by atomic mass is 10.1. The molecule has 0 unspecified atom stereocenters. The van der Waals surface area contributed by atoms with Gasteiger partial charge >= 0.3 is 5.00 Å². The van der Waals surface area contributed by atoms with E-state index in [0.717, 1.165) is 37.4 Å². The van der Waals surface area contributed by atoms with Crippen molar-refractivity contribution in [2.24, 2.45) is 5.92 Å². The minimum atomic E-state index is -0.453. The van der Waals surface area contributed by atoms with Crippen LogP contribution in [0.4, 0.5) is 5.00 Å². The van der Waals surface area contributed by atoms with Crippen molar-refractivity contribution in [2.45, 2.75) is 12.5 Å². The summed E-state index contributed by atoms with van der Waals surface area (Å²) in [6.45, 7) is 2.57.